The molecule has 0 amide bonds. The molecule has 0 fully saturated rings. The van der Waals surface area contributed by atoms with Gasteiger partial charge in [0, 0.05) is 39.9 Å². The first-order valence-electron chi connectivity index (χ1n) is 15.6. The van der Waals surface area contributed by atoms with E-state index in [1.807, 2.05) is 0 Å². The lowest BCUT2D eigenvalue weighted by atomic mass is 9.83. The number of hydrogen-bond acceptors (Lipinski definition) is 2. The molecule has 0 bridgehead atoms. The minimum atomic E-state index is 0.338. The summed E-state index contributed by atoms with van der Waals surface area (Å²) in [6.45, 7) is 0. The summed E-state index contributed by atoms with van der Waals surface area (Å²) in [7, 11) is 0. The highest BCUT2D eigenvalue weighted by atomic mass is 15.2. The number of fused-ring (bicyclic) bond motifs is 3. The molecule has 2 nitrogen and oxygen atoms in total. The van der Waals surface area contributed by atoms with Gasteiger partial charge >= 0.3 is 0 Å². The molecule has 0 radical (unpaired) electrons. The molecule has 0 aromatic heterocycles. The Kier molecular flexibility index (Phi) is 6.81. The van der Waals surface area contributed by atoms with Gasteiger partial charge in [0.15, 0.2) is 0 Å². The van der Waals surface area contributed by atoms with Crippen LogP contribution >= 0.6 is 0 Å². The van der Waals surface area contributed by atoms with Gasteiger partial charge in [0.05, 0.1) is 6.04 Å². The smallest absolute Gasteiger partial charge is 0.0633 e. The molecule has 0 saturated heterocycles. The lowest BCUT2D eigenvalue weighted by Crippen LogP contribution is -2.28. The van der Waals surface area contributed by atoms with Crippen LogP contribution in [0.5, 0.6) is 0 Å². The molecule has 212 valence electrons. The van der Waals surface area contributed by atoms with E-state index in [-0.39, 0.29) is 0 Å². The van der Waals surface area contributed by atoms with Crippen LogP contribution in [0.3, 0.4) is 0 Å². The molecule has 44 heavy (non-hydrogen) atoms. The fraction of sp³-hybridized carbons (Fsp3) is 0.0952. The quantitative estimate of drug-likeness (QED) is 0.202. The Morgan fingerprint density at radius 3 is 1.93 bits per heavy atom. The molecule has 8 rings (SSSR count). The van der Waals surface area contributed by atoms with E-state index in [0.29, 0.717) is 12.0 Å². The summed E-state index contributed by atoms with van der Waals surface area (Å²) in [6.07, 6.45) is 14.1. The standard InChI is InChI=1S/C42H34N2/c1-4-12-31(13-5-1)32-20-25-37(26-21-32)43(35-14-6-2-7-15-35)38-27-22-33(23-28-38)34-24-29-42-40(30-34)39-18-10-11-19-41(39)44(42)36-16-8-3-9-17-36/h1-22,24-28,30,33,42H,23,29H2. The Morgan fingerprint density at radius 1 is 0.568 bits per heavy atom. The van der Waals surface area contributed by atoms with Gasteiger partial charge in [-0.3, -0.25) is 0 Å². The van der Waals surface area contributed by atoms with Crippen LogP contribution in [0, 0.1) is 5.92 Å². The summed E-state index contributed by atoms with van der Waals surface area (Å²) < 4.78 is 0. The molecule has 2 unspecified atom stereocenters. The number of nitrogens with zero attached hydrogens (tertiary/aromatic N) is 2. The third kappa shape index (κ3) is 4.79. The minimum absolute atomic E-state index is 0.338. The summed E-state index contributed by atoms with van der Waals surface area (Å²) in [4.78, 5) is 4.89. The molecule has 5 aromatic carbocycles. The van der Waals surface area contributed by atoms with Crippen molar-refractivity contribution in [2.24, 2.45) is 5.92 Å². The summed E-state index contributed by atoms with van der Waals surface area (Å²) in [5.41, 5.74) is 12.8. The van der Waals surface area contributed by atoms with E-state index in [9.17, 15) is 0 Å². The number of anilines is 4. The van der Waals surface area contributed by atoms with Crippen LogP contribution in [0.4, 0.5) is 22.7 Å². The van der Waals surface area contributed by atoms with Gasteiger partial charge in [-0.05, 0) is 83.7 Å². The van der Waals surface area contributed by atoms with Crippen LogP contribution in [-0.4, -0.2) is 6.04 Å². The average Bonchev–Trinajstić information content (AvgIpc) is 3.44. The first-order valence-corrected chi connectivity index (χ1v) is 15.6. The Hall–Kier alpha value is -5.34. The van der Waals surface area contributed by atoms with E-state index in [1.165, 1.54) is 50.6 Å². The topological polar surface area (TPSA) is 6.48 Å². The Bertz CT molecular complexity index is 1900. The predicted molar refractivity (Wildman–Crippen MR) is 185 cm³/mol. The predicted octanol–water partition coefficient (Wildman–Crippen LogP) is 10.9. The molecule has 2 aliphatic carbocycles. The third-order valence-corrected chi connectivity index (χ3v) is 9.09. The van der Waals surface area contributed by atoms with Gasteiger partial charge in [0.2, 0.25) is 0 Å². The molecule has 2 heteroatoms. The molecule has 1 heterocycles. The molecule has 2 atom stereocenters. The SMILES string of the molecule is C1=CC(C2=CCC3C(=C2)c2ccccc2N3c2ccccc2)CC=C1N(c1ccccc1)c1ccc(-c2ccccc2)cc1. The molecule has 1 aliphatic heterocycles. The van der Waals surface area contributed by atoms with E-state index in [1.54, 1.807) is 0 Å². The molecule has 3 aliphatic rings. The van der Waals surface area contributed by atoms with Crippen LogP contribution in [0.25, 0.3) is 16.7 Å². The van der Waals surface area contributed by atoms with Crippen molar-refractivity contribution >= 4 is 28.3 Å². The highest BCUT2D eigenvalue weighted by Crippen LogP contribution is 2.49. The first kappa shape index (κ1) is 26.3. The molecule has 5 aromatic rings. The first-order chi connectivity index (χ1) is 21.8. The third-order valence-electron chi connectivity index (χ3n) is 9.09. The monoisotopic (exact) mass is 566 g/mol. The zero-order chi connectivity index (χ0) is 29.3. The lowest BCUT2D eigenvalue weighted by molar-refractivity contribution is 0.745. The maximum absolute atomic E-state index is 2.52. The summed E-state index contributed by atoms with van der Waals surface area (Å²) in [6, 6.07) is 50.2. The van der Waals surface area contributed by atoms with E-state index < -0.39 is 0 Å². The Balaban J connectivity index is 1.07. The van der Waals surface area contributed by atoms with Gasteiger partial charge in [-0.15, -0.1) is 0 Å². The molecule has 0 N–H and O–H groups in total. The molecule has 0 saturated carbocycles. The zero-order valence-corrected chi connectivity index (χ0v) is 24.6. The fourth-order valence-electron chi connectivity index (χ4n) is 6.95. The number of hydrogen-bond donors (Lipinski definition) is 0. The number of para-hydroxylation sites is 3. The minimum Gasteiger partial charge on any atom is -0.333 e. The van der Waals surface area contributed by atoms with Crippen LogP contribution in [0.15, 0.2) is 181 Å². The van der Waals surface area contributed by atoms with Crippen molar-refractivity contribution in [2.75, 3.05) is 9.80 Å². The van der Waals surface area contributed by atoms with Crippen molar-refractivity contribution < 1.29 is 0 Å². The number of benzene rings is 5. The van der Waals surface area contributed by atoms with Crippen molar-refractivity contribution in [3.05, 3.63) is 187 Å². The zero-order valence-electron chi connectivity index (χ0n) is 24.6. The van der Waals surface area contributed by atoms with Gasteiger partial charge in [0.25, 0.3) is 0 Å². The maximum Gasteiger partial charge on any atom is 0.0633 e. The van der Waals surface area contributed by atoms with Crippen LogP contribution in [0.1, 0.15) is 18.4 Å². The van der Waals surface area contributed by atoms with Gasteiger partial charge in [-0.2, -0.15) is 0 Å². The van der Waals surface area contributed by atoms with Crippen molar-refractivity contribution in [1.82, 2.24) is 0 Å². The normalized spacial score (nSPS) is 18.5. The van der Waals surface area contributed by atoms with Gasteiger partial charge < -0.3 is 9.80 Å². The van der Waals surface area contributed by atoms with Gasteiger partial charge in [0.1, 0.15) is 0 Å². The summed E-state index contributed by atoms with van der Waals surface area (Å²) in [5.74, 6) is 0.364. The van der Waals surface area contributed by atoms with Gasteiger partial charge in [-0.1, -0.05) is 121 Å². The molecular formula is C42H34N2. The van der Waals surface area contributed by atoms with Crippen molar-refractivity contribution in [3.63, 3.8) is 0 Å². The highest BCUT2D eigenvalue weighted by Gasteiger charge is 2.36. The molecular weight excluding hydrogens is 532 g/mol. The van der Waals surface area contributed by atoms with Crippen molar-refractivity contribution in [1.29, 1.82) is 0 Å². The second-order valence-electron chi connectivity index (χ2n) is 11.7. The van der Waals surface area contributed by atoms with E-state index >= 15 is 0 Å². The van der Waals surface area contributed by atoms with Crippen molar-refractivity contribution in [3.8, 4) is 11.1 Å². The largest absolute Gasteiger partial charge is 0.333 e. The van der Waals surface area contributed by atoms with E-state index in [0.717, 1.165) is 18.5 Å². The highest BCUT2D eigenvalue weighted by molar-refractivity contribution is 5.93. The summed E-state index contributed by atoms with van der Waals surface area (Å²) >= 11 is 0. The summed E-state index contributed by atoms with van der Waals surface area (Å²) in [5, 5.41) is 0. The van der Waals surface area contributed by atoms with Crippen molar-refractivity contribution in [2.45, 2.75) is 18.9 Å². The average molecular weight is 567 g/mol. The second kappa shape index (κ2) is 11.4. The second-order valence-corrected chi connectivity index (χ2v) is 11.7. The van der Waals surface area contributed by atoms with Crippen LogP contribution in [0.2, 0.25) is 0 Å². The lowest BCUT2D eigenvalue weighted by Gasteiger charge is -2.32. The Labute approximate surface area is 260 Å². The van der Waals surface area contributed by atoms with Gasteiger partial charge in [-0.25, -0.2) is 0 Å². The van der Waals surface area contributed by atoms with Crippen LogP contribution < -0.4 is 9.80 Å². The fourth-order valence-corrected chi connectivity index (χ4v) is 6.95. The molecule has 0 spiro atoms. The number of allylic oxidation sites excluding steroid dienone is 5. The van der Waals surface area contributed by atoms with E-state index in [4.69, 9.17) is 0 Å². The Morgan fingerprint density at radius 2 is 1.20 bits per heavy atom. The van der Waals surface area contributed by atoms with Crippen LogP contribution in [-0.2, 0) is 0 Å². The number of rotatable bonds is 6. The maximum atomic E-state index is 2.52. The van der Waals surface area contributed by atoms with E-state index in [2.05, 4.69) is 180 Å².